The molecule has 1 rings (SSSR count). The predicted molar refractivity (Wildman–Crippen MR) is 61.4 cm³/mol. The van der Waals surface area contributed by atoms with Gasteiger partial charge in [0.05, 0.1) is 13.2 Å². The van der Waals surface area contributed by atoms with Gasteiger partial charge in [0.15, 0.2) is 0 Å². The van der Waals surface area contributed by atoms with Crippen LogP contribution in [0.3, 0.4) is 0 Å². The van der Waals surface area contributed by atoms with Gasteiger partial charge in [0.2, 0.25) is 0 Å². The molecule has 0 aromatic carbocycles. The number of hydrogen-bond donors (Lipinski definition) is 2. The van der Waals surface area contributed by atoms with E-state index >= 15 is 0 Å². The first-order valence-electron chi connectivity index (χ1n) is 6.00. The van der Waals surface area contributed by atoms with Crippen LogP contribution in [0.15, 0.2) is 0 Å². The molecule has 5 heteroatoms. The summed E-state index contributed by atoms with van der Waals surface area (Å²) in [5.41, 5.74) is 0. The Morgan fingerprint density at radius 1 is 1.50 bits per heavy atom. The molecule has 16 heavy (non-hydrogen) atoms. The highest BCUT2D eigenvalue weighted by atomic mass is 16.5. The minimum absolute atomic E-state index is 0.105. The van der Waals surface area contributed by atoms with Crippen LogP contribution in [-0.4, -0.2) is 45.5 Å². The lowest BCUT2D eigenvalue weighted by molar-refractivity contribution is 0.0885. The van der Waals surface area contributed by atoms with Gasteiger partial charge in [-0.25, -0.2) is 4.79 Å². The van der Waals surface area contributed by atoms with Crippen molar-refractivity contribution >= 4 is 6.03 Å². The Labute approximate surface area is 96.9 Å². The van der Waals surface area contributed by atoms with E-state index in [1.807, 2.05) is 6.92 Å². The molecule has 0 aromatic heterocycles. The van der Waals surface area contributed by atoms with Gasteiger partial charge in [-0.2, -0.15) is 0 Å². The molecule has 0 saturated carbocycles. The standard InChI is InChI=1S/C11H22N2O3/c1-2-12-11(14)13-5-3-6-15-8-10-4-7-16-9-10/h10H,2-9H2,1H3,(H2,12,13,14)/t10-/m0/s1. The van der Waals surface area contributed by atoms with Crippen LogP contribution in [0.4, 0.5) is 4.79 Å². The number of hydrogen-bond acceptors (Lipinski definition) is 3. The third-order valence-corrected chi connectivity index (χ3v) is 2.47. The van der Waals surface area contributed by atoms with Gasteiger partial charge in [0.25, 0.3) is 0 Å². The largest absolute Gasteiger partial charge is 0.381 e. The Kier molecular flexibility index (Phi) is 6.92. The molecule has 1 aliphatic heterocycles. The second-order valence-electron chi connectivity index (χ2n) is 3.94. The molecule has 2 amide bonds. The van der Waals surface area contributed by atoms with Crippen molar-refractivity contribution in [2.24, 2.45) is 5.92 Å². The summed E-state index contributed by atoms with van der Waals surface area (Å²) in [5, 5.41) is 5.43. The highest BCUT2D eigenvalue weighted by Gasteiger charge is 2.15. The van der Waals surface area contributed by atoms with Crippen molar-refractivity contribution in [1.29, 1.82) is 0 Å². The number of nitrogens with one attached hydrogen (secondary N) is 2. The Morgan fingerprint density at radius 3 is 3.06 bits per heavy atom. The fraction of sp³-hybridized carbons (Fsp3) is 0.909. The fourth-order valence-electron chi connectivity index (χ4n) is 1.56. The van der Waals surface area contributed by atoms with Crippen molar-refractivity contribution in [3.8, 4) is 0 Å². The maximum Gasteiger partial charge on any atom is 0.314 e. The molecule has 1 fully saturated rings. The van der Waals surface area contributed by atoms with E-state index in [0.717, 1.165) is 32.7 Å². The molecule has 5 nitrogen and oxygen atoms in total. The molecule has 0 radical (unpaired) electrons. The van der Waals surface area contributed by atoms with Crippen LogP contribution in [0.5, 0.6) is 0 Å². The zero-order valence-corrected chi connectivity index (χ0v) is 9.96. The van der Waals surface area contributed by atoms with Crippen LogP contribution in [0, 0.1) is 5.92 Å². The van der Waals surface area contributed by atoms with E-state index in [1.165, 1.54) is 0 Å². The lowest BCUT2D eigenvalue weighted by Crippen LogP contribution is -2.36. The maximum absolute atomic E-state index is 11.0. The molecular weight excluding hydrogens is 208 g/mol. The highest BCUT2D eigenvalue weighted by molar-refractivity contribution is 5.73. The topological polar surface area (TPSA) is 59.6 Å². The van der Waals surface area contributed by atoms with Gasteiger partial charge in [-0.1, -0.05) is 0 Å². The van der Waals surface area contributed by atoms with Crippen molar-refractivity contribution in [3.63, 3.8) is 0 Å². The van der Waals surface area contributed by atoms with Crippen molar-refractivity contribution < 1.29 is 14.3 Å². The molecule has 0 unspecified atom stereocenters. The second-order valence-corrected chi connectivity index (χ2v) is 3.94. The number of ether oxygens (including phenoxy) is 2. The molecule has 0 aromatic rings. The van der Waals surface area contributed by atoms with Crippen molar-refractivity contribution in [3.05, 3.63) is 0 Å². The SMILES string of the molecule is CCNC(=O)NCCCOC[C@@H]1CCOC1. The van der Waals surface area contributed by atoms with Gasteiger partial charge in [0.1, 0.15) is 0 Å². The van der Waals surface area contributed by atoms with E-state index < -0.39 is 0 Å². The summed E-state index contributed by atoms with van der Waals surface area (Å²) in [7, 11) is 0. The summed E-state index contributed by atoms with van der Waals surface area (Å²) in [6.45, 7) is 6.39. The predicted octanol–water partition coefficient (Wildman–Crippen LogP) is 0.749. The first-order valence-corrected chi connectivity index (χ1v) is 6.00. The van der Waals surface area contributed by atoms with Crippen molar-refractivity contribution in [2.45, 2.75) is 19.8 Å². The summed E-state index contributed by atoms with van der Waals surface area (Å²) in [6.07, 6.45) is 1.96. The van der Waals surface area contributed by atoms with E-state index in [1.54, 1.807) is 0 Å². The molecule has 1 heterocycles. The van der Waals surface area contributed by atoms with E-state index in [9.17, 15) is 4.79 Å². The van der Waals surface area contributed by atoms with Crippen molar-refractivity contribution in [1.82, 2.24) is 10.6 Å². The smallest absolute Gasteiger partial charge is 0.314 e. The third-order valence-electron chi connectivity index (χ3n) is 2.47. The first-order chi connectivity index (χ1) is 7.83. The lowest BCUT2D eigenvalue weighted by atomic mass is 10.1. The minimum atomic E-state index is -0.105. The maximum atomic E-state index is 11.0. The Bertz CT molecular complexity index is 194. The van der Waals surface area contributed by atoms with Gasteiger partial charge >= 0.3 is 6.03 Å². The number of carbonyl (C=O) groups excluding carboxylic acids is 1. The minimum Gasteiger partial charge on any atom is -0.381 e. The van der Waals surface area contributed by atoms with Gasteiger partial charge < -0.3 is 20.1 Å². The van der Waals surface area contributed by atoms with Crippen molar-refractivity contribution in [2.75, 3.05) is 39.5 Å². The summed E-state index contributed by atoms with van der Waals surface area (Å²) < 4.78 is 10.8. The molecule has 1 saturated heterocycles. The van der Waals surface area contributed by atoms with Crippen LogP contribution in [0.25, 0.3) is 0 Å². The molecule has 0 bridgehead atoms. The van der Waals surface area contributed by atoms with Crippen LogP contribution < -0.4 is 10.6 Å². The average molecular weight is 230 g/mol. The summed E-state index contributed by atoms with van der Waals surface area (Å²) in [4.78, 5) is 11.0. The monoisotopic (exact) mass is 230 g/mol. The molecule has 2 N–H and O–H groups in total. The fourth-order valence-corrected chi connectivity index (χ4v) is 1.56. The molecule has 0 spiro atoms. The van der Waals surface area contributed by atoms with Crippen LogP contribution in [-0.2, 0) is 9.47 Å². The Morgan fingerprint density at radius 2 is 2.38 bits per heavy atom. The van der Waals surface area contributed by atoms with Gasteiger partial charge in [-0.15, -0.1) is 0 Å². The summed E-state index contributed by atoms with van der Waals surface area (Å²) >= 11 is 0. The van der Waals surface area contributed by atoms with Crippen LogP contribution in [0.1, 0.15) is 19.8 Å². The van der Waals surface area contributed by atoms with Crippen LogP contribution in [0.2, 0.25) is 0 Å². The molecule has 1 atom stereocenters. The van der Waals surface area contributed by atoms with E-state index in [-0.39, 0.29) is 6.03 Å². The van der Waals surface area contributed by atoms with Gasteiger partial charge in [-0.05, 0) is 19.8 Å². The summed E-state index contributed by atoms with van der Waals surface area (Å²) in [5.74, 6) is 0.566. The van der Waals surface area contributed by atoms with E-state index in [2.05, 4.69) is 10.6 Å². The average Bonchev–Trinajstić information content (AvgIpc) is 2.76. The molecule has 0 aliphatic carbocycles. The highest BCUT2D eigenvalue weighted by Crippen LogP contribution is 2.12. The van der Waals surface area contributed by atoms with Gasteiger partial charge in [-0.3, -0.25) is 0 Å². The van der Waals surface area contributed by atoms with E-state index in [0.29, 0.717) is 25.6 Å². The van der Waals surface area contributed by atoms with E-state index in [4.69, 9.17) is 9.47 Å². The quantitative estimate of drug-likeness (QED) is 0.634. The number of carbonyl (C=O) groups is 1. The van der Waals surface area contributed by atoms with Crippen LogP contribution >= 0.6 is 0 Å². The summed E-state index contributed by atoms with van der Waals surface area (Å²) in [6, 6.07) is -0.105. The lowest BCUT2D eigenvalue weighted by Gasteiger charge is -2.09. The third kappa shape index (κ3) is 5.92. The molecule has 94 valence electrons. The number of amides is 2. The number of urea groups is 1. The zero-order valence-electron chi connectivity index (χ0n) is 9.96. The number of rotatable bonds is 7. The first kappa shape index (κ1) is 13.3. The Hall–Kier alpha value is -0.810. The molecular formula is C11H22N2O3. The molecule has 1 aliphatic rings. The second kappa shape index (κ2) is 8.35. The Balaban J connectivity index is 1.82. The van der Waals surface area contributed by atoms with Gasteiger partial charge in [0, 0.05) is 32.2 Å². The normalized spacial score (nSPS) is 19.7. The zero-order chi connectivity index (χ0) is 11.6.